The van der Waals surface area contributed by atoms with Gasteiger partial charge in [0.2, 0.25) is 0 Å². The van der Waals surface area contributed by atoms with E-state index in [9.17, 15) is 14.4 Å². The van der Waals surface area contributed by atoms with E-state index in [0.717, 1.165) is 64.2 Å². The van der Waals surface area contributed by atoms with Gasteiger partial charge in [-0.3, -0.25) is 14.4 Å². The molecule has 0 amide bonds. The SMILES string of the molecule is CCCCCCC/C=C\C/C=C\CCCCCCCCCCCCCCCC(=O)OCC(COC(=O)CCCCCCCCC/C=C\CCCCCCCC)OC(=O)CCCCCCCCCCC/C=C\CCCCCCCC. The number of carbonyl (C=O) groups is 3. The van der Waals surface area contributed by atoms with Crippen LogP contribution in [-0.2, 0) is 28.6 Å². The van der Waals surface area contributed by atoms with Crippen LogP contribution in [0.25, 0.3) is 0 Å². The van der Waals surface area contributed by atoms with Gasteiger partial charge in [0.1, 0.15) is 13.2 Å². The number of carbonyl (C=O) groups excluding carboxylic acids is 3. The van der Waals surface area contributed by atoms with E-state index in [4.69, 9.17) is 14.2 Å². The van der Waals surface area contributed by atoms with Crippen molar-refractivity contribution in [1.82, 2.24) is 0 Å². The van der Waals surface area contributed by atoms with E-state index in [-0.39, 0.29) is 31.1 Å². The lowest BCUT2D eigenvalue weighted by atomic mass is 10.0. The molecule has 0 aliphatic carbocycles. The minimum atomic E-state index is -0.777. The van der Waals surface area contributed by atoms with Crippen LogP contribution in [0.4, 0.5) is 0 Å². The van der Waals surface area contributed by atoms with Crippen molar-refractivity contribution < 1.29 is 28.6 Å². The number of allylic oxidation sites excluding steroid dienone is 8. The molecule has 0 radical (unpaired) electrons. The number of hydrogen-bond acceptors (Lipinski definition) is 6. The van der Waals surface area contributed by atoms with E-state index in [2.05, 4.69) is 69.4 Å². The second kappa shape index (κ2) is 67.9. The highest BCUT2D eigenvalue weighted by Gasteiger charge is 2.19. The first-order chi connectivity index (χ1) is 39.0. The molecule has 0 rings (SSSR count). The van der Waals surface area contributed by atoms with Crippen molar-refractivity contribution in [2.24, 2.45) is 0 Å². The maximum absolute atomic E-state index is 13.0. The standard InChI is InChI=1S/C73H134O6/c1-4-7-10-13-16-19-22-25-28-31-33-34-35-36-37-38-40-42-45-48-51-54-57-60-63-66-72(75)78-69-70(68-77-71(74)65-62-59-56-53-50-47-44-41-30-27-24-21-18-15-12-9-6-3)79-73(76)67-64-61-58-55-52-49-46-43-39-32-29-26-23-20-17-14-11-8-5-2/h22,25-27,29-31,33,70H,4-21,23-24,28,32,34-69H2,1-3H3/b25-22-,29-26-,30-27-,33-31-. The Morgan fingerprint density at radius 3 is 0.709 bits per heavy atom. The number of ether oxygens (including phenoxy) is 3. The van der Waals surface area contributed by atoms with E-state index in [0.29, 0.717) is 19.3 Å². The maximum atomic E-state index is 13.0. The van der Waals surface area contributed by atoms with Crippen LogP contribution < -0.4 is 0 Å². The summed E-state index contributed by atoms with van der Waals surface area (Å²) in [4.78, 5) is 38.5. The molecule has 0 spiro atoms. The Hall–Kier alpha value is -2.63. The fourth-order valence-electron chi connectivity index (χ4n) is 10.5. The van der Waals surface area contributed by atoms with Crippen LogP contribution in [0.2, 0.25) is 0 Å². The zero-order valence-electron chi connectivity index (χ0n) is 53.2. The summed E-state index contributed by atoms with van der Waals surface area (Å²) in [5.74, 6) is -0.854. The highest BCUT2D eigenvalue weighted by atomic mass is 16.6. The average molecular weight is 1110 g/mol. The molecule has 462 valence electrons. The predicted octanol–water partition coefficient (Wildman–Crippen LogP) is 24.1. The maximum Gasteiger partial charge on any atom is 0.306 e. The van der Waals surface area contributed by atoms with E-state index in [1.54, 1.807) is 0 Å². The van der Waals surface area contributed by atoms with Crippen molar-refractivity contribution in [3.8, 4) is 0 Å². The monoisotopic (exact) mass is 1110 g/mol. The summed E-state index contributed by atoms with van der Waals surface area (Å²) in [5.41, 5.74) is 0. The summed E-state index contributed by atoms with van der Waals surface area (Å²) in [5, 5.41) is 0. The summed E-state index contributed by atoms with van der Waals surface area (Å²) in [6.07, 6.45) is 85.6. The molecule has 1 atom stereocenters. The smallest absolute Gasteiger partial charge is 0.306 e. The summed E-state index contributed by atoms with van der Waals surface area (Å²) in [6, 6.07) is 0. The molecule has 0 saturated carbocycles. The molecular weight excluding hydrogens is 973 g/mol. The fourth-order valence-corrected chi connectivity index (χ4v) is 10.5. The zero-order chi connectivity index (χ0) is 57.1. The molecule has 1 unspecified atom stereocenters. The first-order valence-electron chi connectivity index (χ1n) is 35.1. The third-order valence-corrected chi connectivity index (χ3v) is 15.8. The lowest BCUT2D eigenvalue weighted by Crippen LogP contribution is -2.30. The quantitative estimate of drug-likeness (QED) is 0.0261. The molecule has 0 aromatic carbocycles. The molecule has 6 nitrogen and oxygen atoms in total. The molecule has 0 aliphatic heterocycles. The Morgan fingerprint density at radius 2 is 0.456 bits per heavy atom. The lowest BCUT2D eigenvalue weighted by molar-refractivity contribution is -0.167. The minimum Gasteiger partial charge on any atom is -0.462 e. The van der Waals surface area contributed by atoms with E-state index < -0.39 is 6.10 Å². The van der Waals surface area contributed by atoms with Gasteiger partial charge in [-0.15, -0.1) is 0 Å². The molecule has 0 fully saturated rings. The second-order valence-corrected chi connectivity index (χ2v) is 23.8. The number of unbranched alkanes of at least 4 members (excludes halogenated alkanes) is 46. The van der Waals surface area contributed by atoms with Gasteiger partial charge in [-0.25, -0.2) is 0 Å². The molecule has 0 heterocycles. The van der Waals surface area contributed by atoms with Crippen LogP contribution in [0.5, 0.6) is 0 Å². The fraction of sp³-hybridized carbons (Fsp3) is 0.849. The van der Waals surface area contributed by atoms with E-state index in [1.807, 2.05) is 0 Å². The molecule has 0 saturated heterocycles. The van der Waals surface area contributed by atoms with Gasteiger partial charge in [-0.05, 0) is 103 Å². The predicted molar refractivity (Wildman–Crippen MR) is 344 cm³/mol. The summed E-state index contributed by atoms with van der Waals surface area (Å²) in [6.45, 7) is 6.68. The molecule has 6 heteroatoms. The summed E-state index contributed by atoms with van der Waals surface area (Å²) < 4.78 is 17.0. The Labute approximate surface area is 492 Å². The third-order valence-electron chi connectivity index (χ3n) is 15.8. The number of esters is 3. The number of hydrogen-bond donors (Lipinski definition) is 0. The van der Waals surface area contributed by atoms with Crippen molar-refractivity contribution in [2.75, 3.05) is 13.2 Å². The highest BCUT2D eigenvalue weighted by Crippen LogP contribution is 2.18. The first kappa shape index (κ1) is 76.4. The molecule has 0 aliphatic rings. The van der Waals surface area contributed by atoms with E-state index >= 15 is 0 Å². The van der Waals surface area contributed by atoms with Crippen molar-refractivity contribution in [1.29, 1.82) is 0 Å². The Morgan fingerprint density at radius 1 is 0.253 bits per heavy atom. The Balaban J connectivity index is 4.31. The van der Waals surface area contributed by atoms with Crippen molar-refractivity contribution in [3.05, 3.63) is 48.6 Å². The molecule has 0 aromatic heterocycles. The van der Waals surface area contributed by atoms with Gasteiger partial charge in [-0.2, -0.15) is 0 Å². The van der Waals surface area contributed by atoms with Gasteiger partial charge in [0.15, 0.2) is 6.10 Å². The largest absolute Gasteiger partial charge is 0.462 e. The van der Waals surface area contributed by atoms with Crippen LogP contribution in [0.1, 0.15) is 380 Å². The molecule has 0 N–H and O–H groups in total. The van der Waals surface area contributed by atoms with Gasteiger partial charge in [0, 0.05) is 19.3 Å². The minimum absolute atomic E-state index is 0.0724. The van der Waals surface area contributed by atoms with E-state index in [1.165, 1.54) is 276 Å². The Kier molecular flexibility index (Phi) is 65.6. The molecule has 0 bridgehead atoms. The van der Waals surface area contributed by atoms with Crippen LogP contribution in [-0.4, -0.2) is 37.2 Å². The molecular formula is C73H134O6. The van der Waals surface area contributed by atoms with Gasteiger partial charge < -0.3 is 14.2 Å². The van der Waals surface area contributed by atoms with Crippen LogP contribution in [0.3, 0.4) is 0 Å². The lowest BCUT2D eigenvalue weighted by Gasteiger charge is -2.18. The van der Waals surface area contributed by atoms with Crippen molar-refractivity contribution >= 4 is 17.9 Å². The second-order valence-electron chi connectivity index (χ2n) is 23.8. The highest BCUT2D eigenvalue weighted by molar-refractivity contribution is 5.71. The van der Waals surface area contributed by atoms with Gasteiger partial charge in [0.25, 0.3) is 0 Å². The van der Waals surface area contributed by atoms with Crippen LogP contribution >= 0.6 is 0 Å². The third kappa shape index (κ3) is 66.1. The van der Waals surface area contributed by atoms with Crippen molar-refractivity contribution in [3.63, 3.8) is 0 Å². The van der Waals surface area contributed by atoms with Crippen LogP contribution in [0, 0.1) is 0 Å². The summed E-state index contributed by atoms with van der Waals surface area (Å²) in [7, 11) is 0. The van der Waals surface area contributed by atoms with Gasteiger partial charge >= 0.3 is 17.9 Å². The summed E-state index contributed by atoms with van der Waals surface area (Å²) >= 11 is 0. The molecule has 79 heavy (non-hydrogen) atoms. The first-order valence-corrected chi connectivity index (χ1v) is 35.1. The zero-order valence-corrected chi connectivity index (χ0v) is 53.2. The Bertz CT molecular complexity index is 1360. The average Bonchev–Trinajstić information content (AvgIpc) is 3.45. The number of rotatable bonds is 65. The topological polar surface area (TPSA) is 78.9 Å². The van der Waals surface area contributed by atoms with Crippen LogP contribution in [0.15, 0.2) is 48.6 Å². The van der Waals surface area contributed by atoms with Gasteiger partial charge in [0.05, 0.1) is 0 Å². The van der Waals surface area contributed by atoms with Crippen molar-refractivity contribution in [2.45, 2.75) is 386 Å². The van der Waals surface area contributed by atoms with Gasteiger partial charge in [-0.1, -0.05) is 307 Å². The normalized spacial score (nSPS) is 12.3. The molecule has 0 aromatic rings.